The average molecular weight is 315 g/mol. The summed E-state index contributed by atoms with van der Waals surface area (Å²) in [7, 11) is 0. The van der Waals surface area contributed by atoms with Gasteiger partial charge in [0.25, 0.3) is 5.91 Å². The Bertz CT molecular complexity index is 571. The van der Waals surface area contributed by atoms with Crippen LogP contribution in [-0.4, -0.2) is 30.6 Å². The fourth-order valence-electron chi connectivity index (χ4n) is 1.59. The average Bonchev–Trinajstić information content (AvgIpc) is 2.93. The Kier molecular flexibility index (Phi) is 6.66. The van der Waals surface area contributed by atoms with Gasteiger partial charge in [-0.2, -0.15) is 18.4 Å². The van der Waals surface area contributed by atoms with Crippen molar-refractivity contribution in [1.82, 2.24) is 10.3 Å². The van der Waals surface area contributed by atoms with E-state index in [4.69, 9.17) is 10.00 Å². The highest BCUT2D eigenvalue weighted by molar-refractivity contribution is 6.01. The molecule has 0 unspecified atom stereocenters. The van der Waals surface area contributed by atoms with E-state index in [2.05, 4.69) is 10.3 Å². The molecule has 1 aromatic heterocycles. The molecule has 1 rings (SSSR count). The Hall–Kier alpha value is -2.27. The molecule has 0 saturated carbocycles. The number of nitriles is 1. The van der Waals surface area contributed by atoms with Crippen molar-refractivity contribution < 1.29 is 22.7 Å². The number of halogens is 3. The Balaban J connectivity index is 2.65. The molecule has 120 valence electrons. The summed E-state index contributed by atoms with van der Waals surface area (Å²) in [6.07, 6.45) is -1.73. The normalized spacial score (nSPS) is 12.0. The highest BCUT2D eigenvalue weighted by atomic mass is 19.4. The van der Waals surface area contributed by atoms with Gasteiger partial charge in [-0.3, -0.25) is 4.79 Å². The minimum atomic E-state index is -4.50. The molecule has 0 saturated heterocycles. The van der Waals surface area contributed by atoms with E-state index in [-0.39, 0.29) is 11.1 Å². The van der Waals surface area contributed by atoms with Crippen molar-refractivity contribution in [3.8, 4) is 6.07 Å². The quantitative estimate of drug-likeness (QED) is 0.461. The van der Waals surface area contributed by atoms with Gasteiger partial charge in [0.1, 0.15) is 17.3 Å². The largest absolute Gasteiger partial charge is 0.431 e. The number of nitrogens with zero attached hydrogens (tertiary/aromatic N) is 1. The second kappa shape index (κ2) is 8.24. The van der Waals surface area contributed by atoms with Crippen molar-refractivity contribution in [3.63, 3.8) is 0 Å². The molecule has 2 N–H and O–H groups in total. The molecule has 1 aromatic rings. The molecule has 0 bridgehead atoms. The second-order valence-electron chi connectivity index (χ2n) is 4.32. The van der Waals surface area contributed by atoms with Crippen LogP contribution in [0.25, 0.3) is 6.08 Å². The van der Waals surface area contributed by atoms with Crippen LogP contribution in [-0.2, 0) is 15.7 Å². The van der Waals surface area contributed by atoms with Crippen LogP contribution in [0.4, 0.5) is 13.2 Å². The van der Waals surface area contributed by atoms with Crippen LogP contribution in [0.15, 0.2) is 17.8 Å². The molecular formula is C14H16F3N3O2. The highest BCUT2D eigenvalue weighted by Gasteiger charge is 2.32. The lowest BCUT2D eigenvalue weighted by Crippen LogP contribution is -2.26. The summed E-state index contributed by atoms with van der Waals surface area (Å²) in [4.78, 5) is 13.8. The third-order valence-electron chi connectivity index (χ3n) is 2.64. The predicted molar refractivity (Wildman–Crippen MR) is 73.5 cm³/mol. The lowest BCUT2D eigenvalue weighted by molar-refractivity contribution is -0.140. The van der Waals surface area contributed by atoms with Crippen molar-refractivity contribution in [2.75, 3.05) is 19.8 Å². The van der Waals surface area contributed by atoms with Crippen molar-refractivity contribution in [2.24, 2.45) is 0 Å². The van der Waals surface area contributed by atoms with E-state index < -0.39 is 17.8 Å². The Labute approximate surface area is 125 Å². The number of amides is 1. The summed E-state index contributed by atoms with van der Waals surface area (Å²) in [6.45, 7) is 3.22. The number of carbonyl (C=O) groups excluding carboxylic acids is 1. The molecule has 0 aliphatic carbocycles. The molecular weight excluding hydrogens is 299 g/mol. The topological polar surface area (TPSA) is 77.9 Å². The third-order valence-corrected chi connectivity index (χ3v) is 2.64. The van der Waals surface area contributed by atoms with E-state index >= 15 is 0 Å². The first-order valence-electron chi connectivity index (χ1n) is 6.61. The van der Waals surface area contributed by atoms with Gasteiger partial charge in [-0.25, -0.2) is 0 Å². The zero-order valence-electron chi connectivity index (χ0n) is 12.0. The first-order valence-corrected chi connectivity index (χ1v) is 6.61. The fourth-order valence-corrected chi connectivity index (χ4v) is 1.59. The predicted octanol–water partition coefficient (Wildman–Crippen LogP) is 2.48. The number of ether oxygens (including phenoxy) is 1. The fraction of sp³-hybridized carbons (Fsp3) is 0.429. The van der Waals surface area contributed by atoms with Gasteiger partial charge in [0.05, 0.1) is 0 Å². The monoisotopic (exact) mass is 315 g/mol. The zero-order valence-corrected chi connectivity index (χ0v) is 12.0. The van der Waals surface area contributed by atoms with Crippen molar-refractivity contribution in [2.45, 2.75) is 19.5 Å². The number of rotatable bonds is 7. The summed E-state index contributed by atoms with van der Waals surface area (Å²) in [5.74, 6) is -0.631. The number of aromatic nitrogens is 1. The highest BCUT2D eigenvalue weighted by Crippen LogP contribution is 2.28. The van der Waals surface area contributed by atoms with Gasteiger partial charge >= 0.3 is 6.18 Å². The molecule has 0 atom stereocenters. The van der Waals surface area contributed by atoms with Gasteiger partial charge in [-0.15, -0.1) is 0 Å². The van der Waals surface area contributed by atoms with Crippen LogP contribution < -0.4 is 5.32 Å². The molecule has 22 heavy (non-hydrogen) atoms. The van der Waals surface area contributed by atoms with Gasteiger partial charge < -0.3 is 15.0 Å². The molecule has 0 aliphatic rings. The maximum Gasteiger partial charge on any atom is 0.431 e. The molecule has 1 amide bonds. The molecule has 0 fully saturated rings. The second-order valence-corrected chi connectivity index (χ2v) is 4.32. The maximum absolute atomic E-state index is 12.4. The Morgan fingerprint density at radius 1 is 1.55 bits per heavy atom. The van der Waals surface area contributed by atoms with Crippen LogP contribution >= 0.6 is 0 Å². The number of aromatic amines is 1. The number of nitrogens with one attached hydrogen (secondary N) is 2. The van der Waals surface area contributed by atoms with Gasteiger partial charge in [0.2, 0.25) is 0 Å². The minimum Gasteiger partial charge on any atom is -0.382 e. The third kappa shape index (κ3) is 5.61. The summed E-state index contributed by atoms with van der Waals surface area (Å²) in [5, 5.41) is 11.4. The van der Waals surface area contributed by atoms with Gasteiger partial charge in [0, 0.05) is 26.0 Å². The molecule has 0 aromatic carbocycles. The van der Waals surface area contributed by atoms with Crippen LogP contribution in [0.2, 0.25) is 0 Å². The lowest BCUT2D eigenvalue weighted by Gasteiger charge is -2.04. The van der Waals surface area contributed by atoms with Crippen molar-refractivity contribution in [1.29, 1.82) is 5.26 Å². The molecule has 0 radical (unpaired) electrons. The summed E-state index contributed by atoms with van der Waals surface area (Å²) < 4.78 is 42.4. The van der Waals surface area contributed by atoms with Gasteiger partial charge in [-0.1, -0.05) is 0 Å². The molecule has 0 spiro atoms. The van der Waals surface area contributed by atoms with E-state index in [1.54, 1.807) is 6.07 Å². The maximum atomic E-state index is 12.4. The number of carbonyl (C=O) groups is 1. The van der Waals surface area contributed by atoms with Gasteiger partial charge in [0.15, 0.2) is 0 Å². The number of H-pyrrole nitrogens is 1. The number of hydrogen-bond donors (Lipinski definition) is 2. The van der Waals surface area contributed by atoms with Crippen LogP contribution in [0.5, 0.6) is 0 Å². The molecule has 1 heterocycles. The van der Waals surface area contributed by atoms with Crippen LogP contribution in [0.3, 0.4) is 0 Å². The molecule has 0 aliphatic heterocycles. The van der Waals surface area contributed by atoms with Gasteiger partial charge in [-0.05, 0) is 31.1 Å². The smallest absolute Gasteiger partial charge is 0.382 e. The first-order chi connectivity index (χ1) is 10.4. The number of hydrogen-bond acceptors (Lipinski definition) is 3. The summed E-state index contributed by atoms with van der Waals surface area (Å²) >= 11 is 0. The van der Waals surface area contributed by atoms with Crippen LogP contribution in [0, 0.1) is 11.3 Å². The standard InChI is InChI=1S/C14H16F3N3O2/c1-2-22-5-3-4-19-13(21)11(8-18)6-10-7-12(20-9-10)14(15,16)17/h6-7,9,20H,2-5H2,1H3,(H,19,21)/b11-6+. The zero-order chi connectivity index (χ0) is 16.6. The summed E-state index contributed by atoms with van der Waals surface area (Å²) in [6, 6.07) is 2.51. The van der Waals surface area contributed by atoms with E-state index in [1.165, 1.54) is 0 Å². The van der Waals surface area contributed by atoms with E-state index in [9.17, 15) is 18.0 Å². The van der Waals surface area contributed by atoms with Crippen LogP contribution in [0.1, 0.15) is 24.6 Å². The SMILES string of the molecule is CCOCCCNC(=O)/C(C#N)=C/c1c[nH]c(C(F)(F)F)c1. The minimum absolute atomic E-state index is 0.105. The molecule has 8 heteroatoms. The van der Waals surface area contributed by atoms with Crippen molar-refractivity contribution in [3.05, 3.63) is 29.1 Å². The van der Waals surface area contributed by atoms with E-state index in [1.807, 2.05) is 6.92 Å². The Morgan fingerprint density at radius 3 is 2.82 bits per heavy atom. The number of alkyl halides is 3. The first kappa shape index (κ1) is 17.8. The van der Waals surface area contributed by atoms with Crippen molar-refractivity contribution >= 4 is 12.0 Å². The Morgan fingerprint density at radius 2 is 2.27 bits per heavy atom. The van der Waals surface area contributed by atoms with E-state index in [0.29, 0.717) is 26.2 Å². The molecule has 5 nitrogen and oxygen atoms in total. The van der Waals surface area contributed by atoms with E-state index in [0.717, 1.165) is 18.3 Å². The lowest BCUT2D eigenvalue weighted by atomic mass is 10.2. The summed E-state index contributed by atoms with van der Waals surface area (Å²) in [5.41, 5.74) is -1.09.